The Kier molecular flexibility index (Phi) is 5.16. The average molecular weight is 209 g/mol. The fourth-order valence-electron chi connectivity index (χ4n) is 1.97. The lowest BCUT2D eigenvalue weighted by molar-refractivity contribution is -0.119. The van der Waals surface area contributed by atoms with Crippen molar-refractivity contribution in [2.75, 3.05) is 26.2 Å². The van der Waals surface area contributed by atoms with E-state index in [2.05, 4.69) is 16.1 Å². The van der Waals surface area contributed by atoms with Crippen LogP contribution in [0.3, 0.4) is 0 Å². The second-order valence-electron chi connectivity index (χ2n) is 3.87. The minimum Gasteiger partial charge on any atom is -0.369 e. The summed E-state index contributed by atoms with van der Waals surface area (Å²) < 4.78 is 0. The van der Waals surface area contributed by atoms with Crippen LogP contribution in [0.15, 0.2) is 0 Å². The Morgan fingerprint density at radius 2 is 2.20 bits per heavy atom. The fourth-order valence-corrected chi connectivity index (χ4v) is 1.97. The van der Waals surface area contributed by atoms with E-state index in [9.17, 15) is 4.79 Å². The van der Waals surface area contributed by atoms with Gasteiger partial charge in [-0.25, -0.2) is 0 Å². The molecule has 3 N–H and O–H groups in total. The van der Waals surface area contributed by atoms with Crippen LogP contribution in [0.4, 0.5) is 0 Å². The number of primary amides is 1. The number of nitrogens with two attached hydrogens (primary N) is 1. The second-order valence-corrected chi connectivity index (χ2v) is 3.87. The van der Waals surface area contributed by atoms with Gasteiger partial charge in [-0.15, -0.1) is 12.3 Å². The average Bonchev–Trinajstić information content (AvgIpc) is 2.25. The van der Waals surface area contributed by atoms with Crippen LogP contribution in [0.25, 0.3) is 0 Å². The number of hydrogen-bond donors (Lipinski definition) is 2. The summed E-state index contributed by atoms with van der Waals surface area (Å²) >= 11 is 0. The molecule has 1 saturated heterocycles. The molecule has 1 aliphatic heterocycles. The predicted molar refractivity (Wildman–Crippen MR) is 60.1 cm³/mol. The highest BCUT2D eigenvalue weighted by Crippen LogP contribution is 2.11. The number of carbonyl (C=O) groups excluding carboxylic acids is 1. The number of terminal acetylenes is 1. The number of nitrogens with one attached hydrogen (secondary N) is 1. The van der Waals surface area contributed by atoms with E-state index in [1.54, 1.807) is 0 Å². The lowest BCUT2D eigenvalue weighted by atomic mass is 10.0. The van der Waals surface area contributed by atoms with Gasteiger partial charge in [0, 0.05) is 19.0 Å². The summed E-state index contributed by atoms with van der Waals surface area (Å²) in [5.41, 5.74) is 5.22. The summed E-state index contributed by atoms with van der Waals surface area (Å²) in [4.78, 5) is 13.0. The Labute approximate surface area is 91.2 Å². The van der Waals surface area contributed by atoms with Crippen molar-refractivity contribution in [1.29, 1.82) is 0 Å². The quantitative estimate of drug-likeness (QED) is 0.603. The van der Waals surface area contributed by atoms with Gasteiger partial charge in [0.2, 0.25) is 5.91 Å². The standard InChI is InChI=1S/C11H19N3O/c1-2-3-8-14(9-11(12)15)10-4-6-13-7-5-10/h1,10,13H,3-9H2,(H2,12,15). The van der Waals surface area contributed by atoms with E-state index in [-0.39, 0.29) is 5.91 Å². The Balaban J connectivity index is 2.45. The molecule has 1 amide bonds. The lowest BCUT2D eigenvalue weighted by Crippen LogP contribution is -2.46. The van der Waals surface area contributed by atoms with Gasteiger partial charge in [-0.2, -0.15) is 0 Å². The van der Waals surface area contributed by atoms with Crippen LogP contribution in [-0.4, -0.2) is 43.0 Å². The van der Waals surface area contributed by atoms with Gasteiger partial charge in [-0.05, 0) is 25.9 Å². The van der Waals surface area contributed by atoms with Crippen molar-refractivity contribution in [3.05, 3.63) is 0 Å². The summed E-state index contributed by atoms with van der Waals surface area (Å²) in [5.74, 6) is 2.33. The van der Waals surface area contributed by atoms with Gasteiger partial charge < -0.3 is 11.1 Å². The zero-order chi connectivity index (χ0) is 11.1. The maximum Gasteiger partial charge on any atom is 0.231 e. The molecule has 0 spiro atoms. The monoisotopic (exact) mass is 209 g/mol. The molecule has 1 heterocycles. The SMILES string of the molecule is C#CCCN(CC(N)=O)C1CCNCC1. The number of carbonyl (C=O) groups is 1. The van der Waals surface area contributed by atoms with E-state index in [4.69, 9.17) is 12.2 Å². The summed E-state index contributed by atoms with van der Waals surface area (Å²) in [5, 5.41) is 3.30. The Bertz CT molecular complexity index is 241. The number of nitrogens with zero attached hydrogens (tertiary/aromatic N) is 1. The molecule has 0 unspecified atom stereocenters. The van der Waals surface area contributed by atoms with Crippen molar-refractivity contribution in [2.24, 2.45) is 5.73 Å². The first-order valence-corrected chi connectivity index (χ1v) is 5.40. The normalized spacial score (nSPS) is 17.6. The van der Waals surface area contributed by atoms with Gasteiger partial charge in [-0.1, -0.05) is 0 Å². The van der Waals surface area contributed by atoms with Crippen LogP contribution in [0.2, 0.25) is 0 Å². The van der Waals surface area contributed by atoms with Gasteiger partial charge in [-0.3, -0.25) is 9.69 Å². The van der Waals surface area contributed by atoms with E-state index >= 15 is 0 Å². The lowest BCUT2D eigenvalue weighted by Gasteiger charge is -2.33. The number of amides is 1. The Morgan fingerprint density at radius 3 is 2.73 bits per heavy atom. The molecule has 0 aromatic rings. The fraction of sp³-hybridized carbons (Fsp3) is 0.727. The van der Waals surface area contributed by atoms with E-state index in [1.165, 1.54) is 0 Å². The van der Waals surface area contributed by atoms with Crippen molar-refractivity contribution in [2.45, 2.75) is 25.3 Å². The highest BCUT2D eigenvalue weighted by atomic mass is 16.1. The molecular formula is C11H19N3O. The first-order valence-electron chi connectivity index (χ1n) is 5.40. The third kappa shape index (κ3) is 4.32. The zero-order valence-corrected chi connectivity index (χ0v) is 9.04. The summed E-state index contributed by atoms with van der Waals surface area (Å²) in [7, 11) is 0. The molecule has 0 aromatic heterocycles. The second kappa shape index (κ2) is 6.44. The molecule has 0 aliphatic carbocycles. The van der Waals surface area contributed by atoms with Crippen LogP contribution >= 0.6 is 0 Å². The van der Waals surface area contributed by atoms with E-state index in [1.807, 2.05) is 0 Å². The van der Waals surface area contributed by atoms with Crippen molar-refractivity contribution < 1.29 is 4.79 Å². The van der Waals surface area contributed by atoms with Gasteiger partial charge in [0.05, 0.1) is 6.54 Å². The number of rotatable bonds is 5. The van der Waals surface area contributed by atoms with Crippen LogP contribution < -0.4 is 11.1 Å². The number of piperidine rings is 1. The molecule has 4 heteroatoms. The molecule has 15 heavy (non-hydrogen) atoms. The molecular weight excluding hydrogens is 190 g/mol. The van der Waals surface area contributed by atoms with Gasteiger partial charge in [0.1, 0.15) is 0 Å². The molecule has 0 saturated carbocycles. The first-order chi connectivity index (χ1) is 7.24. The molecule has 1 aliphatic rings. The Hall–Kier alpha value is -1.05. The first kappa shape index (κ1) is 12.0. The highest BCUT2D eigenvalue weighted by Gasteiger charge is 2.21. The van der Waals surface area contributed by atoms with Crippen molar-refractivity contribution in [3.8, 4) is 12.3 Å². The minimum absolute atomic E-state index is 0.273. The van der Waals surface area contributed by atoms with Crippen molar-refractivity contribution >= 4 is 5.91 Å². The maximum atomic E-state index is 10.9. The van der Waals surface area contributed by atoms with E-state index < -0.39 is 0 Å². The molecule has 0 radical (unpaired) electrons. The van der Waals surface area contributed by atoms with Crippen LogP contribution in [0.5, 0.6) is 0 Å². The minimum atomic E-state index is -0.273. The van der Waals surface area contributed by atoms with Gasteiger partial charge in [0.25, 0.3) is 0 Å². The summed E-state index contributed by atoms with van der Waals surface area (Å²) in [6.07, 6.45) is 8.04. The molecule has 4 nitrogen and oxygen atoms in total. The number of hydrogen-bond acceptors (Lipinski definition) is 3. The Morgan fingerprint density at radius 1 is 1.53 bits per heavy atom. The van der Waals surface area contributed by atoms with Crippen LogP contribution in [0.1, 0.15) is 19.3 Å². The van der Waals surface area contributed by atoms with E-state index in [0.717, 1.165) is 32.5 Å². The molecule has 84 valence electrons. The van der Waals surface area contributed by atoms with Gasteiger partial charge in [0.15, 0.2) is 0 Å². The molecule has 0 bridgehead atoms. The predicted octanol–water partition coefficient (Wildman–Crippen LogP) is -0.451. The van der Waals surface area contributed by atoms with E-state index in [0.29, 0.717) is 19.0 Å². The molecule has 1 rings (SSSR count). The smallest absolute Gasteiger partial charge is 0.231 e. The van der Waals surface area contributed by atoms with Crippen LogP contribution in [-0.2, 0) is 4.79 Å². The zero-order valence-electron chi connectivity index (χ0n) is 9.04. The van der Waals surface area contributed by atoms with Gasteiger partial charge >= 0.3 is 0 Å². The summed E-state index contributed by atoms with van der Waals surface area (Å²) in [6.45, 7) is 3.11. The third-order valence-corrected chi connectivity index (χ3v) is 2.73. The highest BCUT2D eigenvalue weighted by molar-refractivity contribution is 5.75. The van der Waals surface area contributed by atoms with Crippen molar-refractivity contribution in [1.82, 2.24) is 10.2 Å². The largest absolute Gasteiger partial charge is 0.369 e. The summed E-state index contributed by atoms with van der Waals surface area (Å²) in [6, 6.07) is 0.451. The molecule has 0 atom stereocenters. The maximum absolute atomic E-state index is 10.9. The molecule has 0 aromatic carbocycles. The van der Waals surface area contributed by atoms with Crippen molar-refractivity contribution in [3.63, 3.8) is 0 Å². The van der Waals surface area contributed by atoms with Crippen LogP contribution in [0, 0.1) is 12.3 Å². The molecule has 1 fully saturated rings. The third-order valence-electron chi connectivity index (χ3n) is 2.73. The topological polar surface area (TPSA) is 58.4 Å².